The van der Waals surface area contributed by atoms with Crippen molar-refractivity contribution < 1.29 is 13.2 Å². The van der Waals surface area contributed by atoms with E-state index in [0.717, 1.165) is 45.4 Å². The molecule has 3 rings (SSSR count). The number of amides is 1. The number of carbonyl (C=O) groups is 1. The minimum atomic E-state index is -2.86. The van der Waals surface area contributed by atoms with E-state index < -0.39 is 9.84 Å². The zero-order valence-corrected chi connectivity index (χ0v) is 16.7. The molecule has 1 aliphatic carbocycles. The molecule has 1 aromatic rings. The lowest BCUT2D eigenvalue weighted by molar-refractivity contribution is -0.130. The molecule has 1 atom stereocenters. The van der Waals surface area contributed by atoms with Gasteiger partial charge in [-0.1, -0.05) is 0 Å². The van der Waals surface area contributed by atoms with Crippen molar-refractivity contribution >= 4 is 27.1 Å². The van der Waals surface area contributed by atoms with Gasteiger partial charge >= 0.3 is 0 Å². The minimum Gasteiger partial charge on any atom is -0.335 e. The van der Waals surface area contributed by atoms with Gasteiger partial charge in [0.05, 0.1) is 5.75 Å². The molecule has 7 heteroatoms. The summed E-state index contributed by atoms with van der Waals surface area (Å²) in [4.78, 5) is 16.6. The Kier molecular flexibility index (Phi) is 5.56. The SMILES string of the molecule is CC(=O)N(Cc1ccsc1)[C@H]1CC12CCN(CCCS(C)(=O)=O)CC2. The fraction of sp³-hybridized carbons (Fsp3) is 0.722. The van der Waals surface area contributed by atoms with Crippen LogP contribution in [0.5, 0.6) is 0 Å². The van der Waals surface area contributed by atoms with E-state index >= 15 is 0 Å². The molecular weight excluding hydrogens is 356 g/mol. The summed E-state index contributed by atoms with van der Waals surface area (Å²) in [5, 5.41) is 4.18. The topological polar surface area (TPSA) is 57.7 Å². The highest BCUT2D eigenvalue weighted by Gasteiger charge is 2.58. The van der Waals surface area contributed by atoms with Crippen LogP contribution in [-0.2, 0) is 21.2 Å². The largest absolute Gasteiger partial charge is 0.335 e. The van der Waals surface area contributed by atoms with Gasteiger partial charge in [-0.05, 0) is 73.1 Å². The van der Waals surface area contributed by atoms with Crippen molar-refractivity contribution in [2.45, 2.75) is 45.2 Å². The number of thiophene rings is 1. The van der Waals surface area contributed by atoms with Crippen LogP contribution in [0.25, 0.3) is 0 Å². The summed E-state index contributed by atoms with van der Waals surface area (Å²) in [6.07, 6.45) is 5.37. The van der Waals surface area contributed by atoms with Gasteiger partial charge in [-0.15, -0.1) is 0 Å². The van der Waals surface area contributed by atoms with Crippen LogP contribution in [0.4, 0.5) is 0 Å². The highest BCUT2D eigenvalue weighted by molar-refractivity contribution is 7.90. The van der Waals surface area contributed by atoms with E-state index in [0.29, 0.717) is 17.9 Å². The van der Waals surface area contributed by atoms with Gasteiger partial charge in [0.25, 0.3) is 0 Å². The van der Waals surface area contributed by atoms with E-state index in [1.807, 2.05) is 0 Å². The lowest BCUT2D eigenvalue weighted by atomic mass is 9.92. The zero-order chi connectivity index (χ0) is 18.1. The maximum Gasteiger partial charge on any atom is 0.220 e. The van der Waals surface area contributed by atoms with Gasteiger partial charge in [-0.25, -0.2) is 8.42 Å². The second kappa shape index (κ2) is 7.37. The van der Waals surface area contributed by atoms with Crippen LogP contribution in [0.15, 0.2) is 16.8 Å². The van der Waals surface area contributed by atoms with E-state index in [2.05, 4.69) is 26.6 Å². The van der Waals surface area contributed by atoms with Gasteiger partial charge in [0.2, 0.25) is 5.91 Å². The summed E-state index contributed by atoms with van der Waals surface area (Å²) in [5.74, 6) is 0.444. The van der Waals surface area contributed by atoms with Gasteiger partial charge < -0.3 is 9.80 Å². The van der Waals surface area contributed by atoms with Crippen LogP contribution in [0, 0.1) is 5.41 Å². The third-order valence-electron chi connectivity index (χ3n) is 5.70. The summed E-state index contributed by atoms with van der Waals surface area (Å²) < 4.78 is 22.5. The monoisotopic (exact) mass is 384 g/mol. The number of likely N-dealkylation sites (tertiary alicyclic amines) is 1. The maximum absolute atomic E-state index is 12.1. The third kappa shape index (κ3) is 4.83. The fourth-order valence-electron chi connectivity index (χ4n) is 4.10. The van der Waals surface area contributed by atoms with Crippen LogP contribution in [-0.4, -0.2) is 61.8 Å². The fourth-order valence-corrected chi connectivity index (χ4v) is 5.41. The Morgan fingerprint density at radius 2 is 2.12 bits per heavy atom. The first-order valence-corrected chi connectivity index (χ1v) is 12.0. The number of carbonyl (C=O) groups excluding carboxylic acids is 1. The second-order valence-electron chi connectivity index (χ2n) is 7.69. The van der Waals surface area contributed by atoms with Crippen LogP contribution in [0.2, 0.25) is 0 Å². The second-order valence-corrected chi connectivity index (χ2v) is 10.7. The Balaban J connectivity index is 1.49. The number of rotatable bonds is 7. The normalized spacial score (nSPS) is 22.9. The molecular formula is C18H28N2O3S2. The first-order chi connectivity index (χ1) is 11.8. The summed E-state index contributed by atoms with van der Waals surface area (Å²) in [6, 6.07) is 2.48. The Hall–Kier alpha value is -0.920. The number of hydrogen-bond acceptors (Lipinski definition) is 5. The molecule has 1 amide bonds. The first kappa shape index (κ1) is 18.9. The standard InChI is InChI=1S/C18H28N2O3S2/c1-15(21)20(13-16-4-10-24-14-16)17-12-18(17)5-8-19(9-6-18)7-3-11-25(2,22)23/h4,10,14,17H,3,5-9,11-13H2,1-2H3/t17-/m0/s1. The van der Waals surface area contributed by atoms with E-state index in [1.165, 1.54) is 11.8 Å². The van der Waals surface area contributed by atoms with E-state index in [9.17, 15) is 13.2 Å². The summed E-state index contributed by atoms with van der Waals surface area (Å²) in [5.41, 5.74) is 1.52. The molecule has 2 aliphatic rings. The quantitative estimate of drug-likeness (QED) is 0.724. The number of nitrogens with zero attached hydrogens (tertiary/aromatic N) is 2. The van der Waals surface area contributed by atoms with Crippen LogP contribution >= 0.6 is 11.3 Å². The number of sulfone groups is 1. The maximum atomic E-state index is 12.1. The molecule has 0 N–H and O–H groups in total. The van der Waals surface area contributed by atoms with Crippen molar-refractivity contribution in [3.63, 3.8) is 0 Å². The summed E-state index contributed by atoms with van der Waals surface area (Å²) in [6.45, 7) is 5.30. The van der Waals surface area contributed by atoms with Gasteiger partial charge in [-0.3, -0.25) is 4.79 Å². The predicted molar refractivity (Wildman–Crippen MR) is 101 cm³/mol. The molecule has 0 radical (unpaired) electrons. The Morgan fingerprint density at radius 1 is 1.40 bits per heavy atom. The highest BCUT2D eigenvalue weighted by atomic mass is 32.2. The molecule has 0 unspecified atom stereocenters. The van der Waals surface area contributed by atoms with Gasteiger partial charge in [-0.2, -0.15) is 11.3 Å². The average Bonchev–Trinajstić information content (AvgIpc) is 2.96. The van der Waals surface area contributed by atoms with Crippen molar-refractivity contribution in [2.75, 3.05) is 31.6 Å². The molecule has 2 heterocycles. The lowest BCUT2D eigenvalue weighted by Crippen LogP contribution is -2.40. The van der Waals surface area contributed by atoms with Crippen molar-refractivity contribution in [3.05, 3.63) is 22.4 Å². The molecule has 1 aromatic heterocycles. The Morgan fingerprint density at radius 3 is 2.68 bits per heavy atom. The van der Waals surface area contributed by atoms with Crippen molar-refractivity contribution in [3.8, 4) is 0 Å². The van der Waals surface area contributed by atoms with Crippen molar-refractivity contribution in [1.29, 1.82) is 0 Å². The number of piperidine rings is 1. The smallest absolute Gasteiger partial charge is 0.220 e. The Bertz CT molecular complexity index is 692. The molecule has 1 saturated carbocycles. The third-order valence-corrected chi connectivity index (χ3v) is 7.46. The minimum absolute atomic E-state index is 0.170. The molecule has 0 aromatic carbocycles. The predicted octanol–water partition coefficient (Wildman–Crippen LogP) is 2.39. The van der Waals surface area contributed by atoms with Gasteiger partial charge in [0, 0.05) is 25.8 Å². The van der Waals surface area contributed by atoms with E-state index in [4.69, 9.17) is 0 Å². The molecule has 0 bridgehead atoms. The molecule has 1 aliphatic heterocycles. The van der Waals surface area contributed by atoms with E-state index in [1.54, 1.807) is 18.3 Å². The molecule has 2 fully saturated rings. The van der Waals surface area contributed by atoms with Crippen LogP contribution in [0.3, 0.4) is 0 Å². The van der Waals surface area contributed by atoms with Gasteiger partial charge in [0.1, 0.15) is 9.84 Å². The molecule has 25 heavy (non-hydrogen) atoms. The molecule has 1 spiro atoms. The first-order valence-electron chi connectivity index (χ1n) is 8.97. The lowest BCUT2D eigenvalue weighted by Gasteiger charge is -2.34. The summed E-state index contributed by atoms with van der Waals surface area (Å²) >= 11 is 1.67. The summed E-state index contributed by atoms with van der Waals surface area (Å²) in [7, 11) is -2.86. The van der Waals surface area contributed by atoms with Crippen molar-refractivity contribution in [2.24, 2.45) is 5.41 Å². The highest BCUT2D eigenvalue weighted by Crippen LogP contribution is 2.57. The van der Waals surface area contributed by atoms with Crippen LogP contribution in [0.1, 0.15) is 38.2 Å². The molecule has 1 saturated heterocycles. The van der Waals surface area contributed by atoms with Crippen LogP contribution < -0.4 is 0 Å². The van der Waals surface area contributed by atoms with Crippen molar-refractivity contribution in [1.82, 2.24) is 9.80 Å². The average molecular weight is 385 g/mol. The van der Waals surface area contributed by atoms with E-state index in [-0.39, 0.29) is 11.7 Å². The zero-order valence-electron chi connectivity index (χ0n) is 15.1. The molecule has 140 valence electrons. The number of hydrogen-bond donors (Lipinski definition) is 0. The Labute approximate surface area is 154 Å². The molecule has 5 nitrogen and oxygen atoms in total. The van der Waals surface area contributed by atoms with Gasteiger partial charge in [0.15, 0.2) is 0 Å².